The smallest absolute Gasteiger partial charge is 0.0580 e. The van der Waals surface area contributed by atoms with Crippen LogP contribution in [0.5, 0.6) is 0 Å². The average molecular weight is 387 g/mol. The quantitative estimate of drug-likeness (QED) is 0.672. The van der Waals surface area contributed by atoms with E-state index in [4.69, 9.17) is 23.2 Å². The molecule has 0 bridgehead atoms. The first-order valence-electron chi connectivity index (χ1n) is 6.88. The number of hydrogen-bond acceptors (Lipinski definition) is 1. The van der Waals surface area contributed by atoms with Gasteiger partial charge in [0, 0.05) is 14.5 Å². The predicted molar refractivity (Wildman–Crippen MR) is 95.6 cm³/mol. The molecule has 2 aromatic rings. The fraction of sp³-hybridized carbons (Fsp3) is 0.294. The Bertz CT molecular complexity index is 635. The van der Waals surface area contributed by atoms with Gasteiger partial charge in [-0.3, -0.25) is 0 Å². The molecule has 0 aliphatic rings. The maximum Gasteiger partial charge on any atom is 0.0580 e. The van der Waals surface area contributed by atoms with Crippen molar-refractivity contribution in [1.82, 2.24) is 5.32 Å². The van der Waals surface area contributed by atoms with Crippen molar-refractivity contribution in [2.75, 3.05) is 6.54 Å². The molecule has 0 fully saturated rings. The van der Waals surface area contributed by atoms with Crippen molar-refractivity contribution in [1.29, 1.82) is 0 Å². The minimum atomic E-state index is 0.0981. The van der Waals surface area contributed by atoms with E-state index in [1.807, 2.05) is 25.1 Å². The average Bonchev–Trinajstić information content (AvgIpc) is 2.39. The highest BCUT2D eigenvalue weighted by Crippen LogP contribution is 2.32. The first kappa shape index (κ1) is 16.8. The fourth-order valence-electron chi connectivity index (χ4n) is 2.47. The molecular formula is C17H18BrCl2N. The second kappa shape index (κ2) is 7.15. The Balaban J connectivity index is 2.55. The molecule has 2 aromatic carbocycles. The highest BCUT2D eigenvalue weighted by molar-refractivity contribution is 9.10. The highest BCUT2D eigenvalue weighted by Gasteiger charge is 2.17. The normalized spacial score (nSPS) is 12.5. The van der Waals surface area contributed by atoms with E-state index in [1.165, 1.54) is 11.1 Å². The SMILES string of the molecule is CCNC(c1cc(Cl)cc(Br)c1)c1cc(C)c(Cl)cc1C. The van der Waals surface area contributed by atoms with Gasteiger partial charge in [-0.25, -0.2) is 0 Å². The third-order valence-electron chi connectivity index (χ3n) is 3.48. The summed E-state index contributed by atoms with van der Waals surface area (Å²) in [4.78, 5) is 0. The molecule has 0 aromatic heterocycles. The molecule has 0 radical (unpaired) electrons. The standard InChI is InChI=1S/C17H18BrCl2N/c1-4-21-17(12-7-13(18)9-14(19)8-12)15-5-11(3)16(20)6-10(15)2/h5-9,17,21H,4H2,1-3H3. The van der Waals surface area contributed by atoms with E-state index >= 15 is 0 Å². The zero-order valence-corrected chi connectivity index (χ0v) is 15.4. The molecule has 21 heavy (non-hydrogen) atoms. The lowest BCUT2D eigenvalue weighted by atomic mass is 9.93. The minimum absolute atomic E-state index is 0.0981. The molecule has 0 heterocycles. The summed E-state index contributed by atoms with van der Waals surface area (Å²) in [5.74, 6) is 0. The Kier molecular flexibility index (Phi) is 5.73. The Hall–Kier alpha value is -0.540. The van der Waals surface area contributed by atoms with Crippen LogP contribution in [0.1, 0.15) is 35.2 Å². The summed E-state index contributed by atoms with van der Waals surface area (Å²) in [7, 11) is 0. The van der Waals surface area contributed by atoms with Crippen molar-refractivity contribution in [3.05, 3.63) is 67.1 Å². The predicted octanol–water partition coefficient (Wildman–Crippen LogP) is 6.07. The minimum Gasteiger partial charge on any atom is -0.307 e. The number of benzene rings is 2. The molecule has 2 rings (SSSR count). The molecule has 0 saturated carbocycles. The summed E-state index contributed by atoms with van der Waals surface area (Å²) in [5.41, 5.74) is 4.63. The third kappa shape index (κ3) is 4.01. The van der Waals surface area contributed by atoms with E-state index in [2.05, 4.69) is 47.2 Å². The van der Waals surface area contributed by atoms with Gasteiger partial charge in [-0.2, -0.15) is 0 Å². The summed E-state index contributed by atoms with van der Waals surface area (Å²) in [6.45, 7) is 7.09. The van der Waals surface area contributed by atoms with Crippen LogP contribution in [-0.4, -0.2) is 6.54 Å². The number of aryl methyl sites for hydroxylation is 2. The van der Waals surface area contributed by atoms with Gasteiger partial charge in [-0.05, 0) is 66.9 Å². The van der Waals surface area contributed by atoms with E-state index in [-0.39, 0.29) is 6.04 Å². The van der Waals surface area contributed by atoms with Gasteiger partial charge < -0.3 is 5.32 Å². The van der Waals surface area contributed by atoms with Crippen LogP contribution in [0, 0.1) is 13.8 Å². The van der Waals surface area contributed by atoms with Crippen LogP contribution in [0.3, 0.4) is 0 Å². The van der Waals surface area contributed by atoms with Gasteiger partial charge in [0.1, 0.15) is 0 Å². The van der Waals surface area contributed by atoms with E-state index in [9.17, 15) is 0 Å². The van der Waals surface area contributed by atoms with Gasteiger partial charge in [0.15, 0.2) is 0 Å². The molecule has 1 unspecified atom stereocenters. The van der Waals surface area contributed by atoms with Gasteiger partial charge in [0.25, 0.3) is 0 Å². The van der Waals surface area contributed by atoms with Crippen LogP contribution in [-0.2, 0) is 0 Å². The third-order valence-corrected chi connectivity index (χ3v) is 4.57. The lowest BCUT2D eigenvalue weighted by Gasteiger charge is -2.22. The maximum atomic E-state index is 6.22. The Labute approximate surface area is 144 Å². The molecule has 112 valence electrons. The van der Waals surface area contributed by atoms with Crippen LogP contribution in [0.25, 0.3) is 0 Å². The van der Waals surface area contributed by atoms with E-state index < -0.39 is 0 Å². The fourth-order valence-corrected chi connectivity index (χ4v) is 3.57. The topological polar surface area (TPSA) is 12.0 Å². The van der Waals surface area contributed by atoms with E-state index in [1.54, 1.807) is 0 Å². The molecule has 0 aliphatic carbocycles. The van der Waals surface area contributed by atoms with Crippen LogP contribution < -0.4 is 5.32 Å². The first-order chi connectivity index (χ1) is 9.92. The van der Waals surface area contributed by atoms with Crippen LogP contribution in [0.2, 0.25) is 10.0 Å². The van der Waals surface area contributed by atoms with E-state index in [0.29, 0.717) is 0 Å². The molecule has 0 aliphatic heterocycles. The Morgan fingerprint density at radius 1 is 1.05 bits per heavy atom. The van der Waals surface area contributed by atoms with E-state index in [0.717, 1.165) is 32.2 Å². The summed E-state index contributed by atoms with van der Waals surface area (Å²) in [6, 6.07) is 10.3. The van der Waals surface area contributed by atoms with Crippen molar-refractivity contribution in [3.8, 4) is 0 Å². The zero-order chi connectivity index (χ0) is 15.6. The summed E-state index contributed by atoms with van der Waals surface area (Å²) in [6.07, 6.45) is 0. The Morgan fingerprint density at radius 2 is 1.76 bits per heavy atom. The molecule has 1 nitrogen and oxygen atoms in total. The monoisotopic (exact) mass is 385 g/mol. The Morgan fingerprint density at radius 3 is 2.38 bits per heavy atom. The summed E-state index contributed by atoms with van der Waals surface area (Å²) in [5, 5.41) is 5.07. The summed E-state index contributed by atoms with van der Waals surface area (Å²) >= 11 is 15.9. The van der Waals surface area contributed by atoms with Crippen molar-refractivity contribution in [2.24, 2.45) is 0 Å². The number of nitrogens with one attached hydrogen (secondary N) is 1. The first-order valence-corrected chi connectivity index (χ1v) is 8.43. The number of rotatable bonds is 4. The van der Waals surface area contributed by atoms with Crippen molar-refractivity contribution in [3.63, 3.8) is 0 Å². The molecule has 0 amide bonds. The van der Waals surface area contributed by atoms with Crippen LogP contribution >= 0.6 is 39.1 Å². The molecule has 0 spiro atoms. The van der Waals surface area contributed by atoms with Gasteiger partial charge in [0.2, 0.25) is 0 Å². The van der Waals surface area contributed by atoms with Crippen molar-refractivity contribution < 1.29 is 0 Å². The van der Waals surface area contributed by atoms with Gasteiger partial charge in [-0.15, -0.1) is 0 Å². The van der Waals surface area contributed by atoms with Crippen molar-refractivity contribution >= 4 is 39.1 Å². The molecule has 0 saturated heterocycles. The van der Waals surface area contributed by atoms with Gasteiger partial charge in [0.05, 0.1) is 6.04 Å². The second-order valence-corrected chi connectivity index (χ2v) is 6.91. The van der Waals surface area contributed by atoms with Crippen LogP contribution in [0.4, 0.5) is 0 Å². The molecule has 1 atom stereocenters. The lowest BCUT2D eigenvalue weighted by Crippen LogP contribution is -2.23. The molecule has 1 N–H and O–H groups in total. The number of hydrogen-bond donors (Lipinski definition) is 1. The van der Waals surface area contributed by atoms with Crippen molar-refractivity contribution in [2.45, 2.75) is 26.8 Å². The lowest BCUT2D eigenvalue weighted by molar-refractivity contribution is 0.627. The van der Waals surface area contributed by atoms with Crippen LogP contribution in [0.15, 0.2) is 34.8 Å². The van der Waals surface area contributed by atoms with Gasteiger partial charge in [-0.1, -0.05) is 52.1 Å². The molecule has 4 heteroatoms. The highest BCUT2D eigenvalue weighted by atomic mass is 79.9. The number of halogens is 3. The largest absolute Gasteiger partial charge is 0.307 e. The summed E-state index contributed by atoms with van der Waals surface area (Å²) < 4.78 is 0.983. The second-order valence-electron chi connectivity index (χ2n) is 5.15. The molecular weight excluding hydrogens is 369 g/mol. The van der Waals surface area contributed by atoms with Gasteiger partial charge >= 0.3 is 0 Å². The maximum absolute atomic E-state index is 6.22. The zero-order valence-electron chi connectivity index (χ0n) is 12.3.